The Morgan fingerprint density at radius 1 is 0.400 bits per heavy atom. The van der Waals surface area contributed by atoms with Gasteiger partial charge in [0.05, 0.1) is 39.3 Å². The van der Waals surface area contributed by atoms with Crippen molar-refractivity contribution >= 4 is 38.4 Å². The Kier molecular flexibility index (Phi) is 5.74. The first-order chi connectivity index (χ1) is 22.3. The molecule has 0 aliphatic carbocycles. The van der Waals surface area contributed by atoms with Gasteiger partial charge in [0.25, 0.3) is 0 Å². The van der Waals surface area contributed by atoms with Crippen LogP contribution in [0.3, 0.4) is 0 Å². The van der Waals surface area contributed by atoms with E-state index in [1.54, 1.807) is 0 Å². The number of aromatic nitrogens is 5. The van der Waals surface area contributed by atoms with Crippen LogP contribution in [0, 0.1) is 0 Å². The molecule has 9 rings (SSSR count). The minimum Gasteiger partial charge on any atom is -0.292 e. The van der Waals surface area contributed by atoms with Gasteiger partial charge in [-0.25, -0.2) is 15.0 Å². The Morgan fingerprint density at radius 2 is 1.00 bits per heavy atom. The number of hydrogen-bond donors (Lipinski definition) is 0. The third kappa shape index (κ3) is 4.25. The Bertz CT molecular complexity index is 2520. The molecule has 5 aromatic heterocycles. The van der Waals surface area contributed by atoms with Gasteiger partial charge in [-0.3, -0.25) is 9.38 Å². The molecule has 0 unspecified atom stereocenters. The molecular weight excluding hydrogens is 550 g/mol. The van der Waals surface area contributed by atoms with Gasteiger partial charge in [0.2, 0.25) is 0 Å². The molecule has 210 valence electrons. The van der Waals surface area contributed by atoms with Crippen LogP contribution in [0.15, 0.2) is 152 Å². The van der Waals surface area contributed by atoms with Gasteiger partial charge in [-0.15, -0.1) is 0 Å². The molecule has 0 spiro atoms. The van der Waals surface area contributed by atoms with E-state index in [1.165, 1.54) is 0 Å². The summed E-state index contributed by atoms with van der Waals surface area (Å²) in [7, 11) is 0. The quantitative estimate of drug-likeness (QED) is 0.196. The summed E-state index contributed by atoms with van der Waals surface area (Å²) in [5.74, 6) is 0. The molecule has 0 bridgehead atoms. The molecule has 0 aliphatic rings. The number of nitrogens with zero attached hydrogens (tertiary/aromatic N) is 5. The summed E-state index contributed by atoms with van der Waals surface area (Å²) >= 11 is 0. The van der Waals surface area contributed by atoms with E-state index in [4.69, 9.17) is 15.0 Å². The molecule has 9 aromatic rings. The van der Waals surface area contributed by atoms with E-state index in [2.05, 4.69) is 119 Å². The fraction of sp³-hybridized carbons (Fsp3) is 0. The molecule has 0 saturated carbocycles. The molecule has 4 aromatic carbocycles. The van der Waals surface area contributed by atoms with Gasteiger partial charge in [0, 0.05) is 33.7 Å². The Balaban J connectivity index is 1.19. The predicted octanol–water partition coefficient (Wildman–Crippen LogP) is 9.65. The molecule has 5 heteroatoms. The predicted molar refractivity (Wildman–Crippen MR) is 183 cm³/mol. The second-order valence-corrected chi connectivity index (χ2v) is 11.2. The SMILES string of the molecule is c1ccc(-c2ccc3ccc4ccc(-c5ccc(-c6c(-c7ccccn7)nc7ccc8ccccc8n67)cc5)nc4c3n2)cc1. The first-order valence-corrected chi connectivity index (χ1v) is 15.0. The number of benzene rings is 4. The largest absolute Gasteiger partial charge is 0.292 e. The normalized spacial score (nSPS) is 11.6. The number of rotatable bonds is 4. The summed E-state index contributed by atoms with van der Waals surface area (Å²) in [5, 5.41) is 3.30. The van der Waals surface area contributed by atoms with Crippen LogP contribution in [0.4, 0.5) is 0 Å². The standard InChI is InChI=1S/C40H25N5/c1-2-8-26(9-3-1)32-22-19-29-15-16-30-20-23-33(43-38(30)37(29)42-32)27-13-17-31(18-14-27)40-39(34-11-6-7-25-41-34)44-36-24-21-28-10-4-5-12-35(28)45(36)40/h1-25H. The summed E-state index contributed by atoms with van der Waals surface area (Å²) in [6, 6.07) is 50.1. The molecule has 0 radical (unpaired) electrons. The summed E-state index contributed by atoms with van der Waals surface area (Å²) in [6.45, 7) is 0. The van der Waals surface area contributed by atoms with Gasteiger partial charge in [0.15, 0.2) is 0 Å². The van der Waals surface area contributed by atoms with E-state index >= 15 is 0 Å². The maximum atomic E-state index is 5.17. The maximum absolute atomic E-state index is 5.17. The number of pyridine rings is 4. The Labute approximate surface area is 259 Å². The first kappa shape index (κ1) is 25.3. The topological polar surface area (TPSA) is 56.0 Å². The lowest BCUT2D eigenvalue weighted by Gasteiger charge is -2.10. The average molecular weight is 576 g/mol. The van der Waals surface area contributed by atoms with Crippen molar-refractivity contribution in [2.75, 3.05) is 0 Å². The minimum atomic E-state index is 0.842. The Morgan fingerprint density at radius 3 is 1.71 bits per heavy atom. The lowest BCUT2D eigenvalue weighted by molar-refractivity contribution is 1.26. The van der Waals surface area contributed by atoms with Crippen molar-refractivity contribution in [2.45, 2.75) is 0 Å². The zero-order chi connectivity index (χ0) is 29.7. The van der Waals surface area contributed by atoms with E-state index in [-0.39, 0.29) is 0 Å². The van der Waals surface area contributed by atoms with Crippen molar-refractivity contribution in [3.05, 3.63) is 152 Å². The highest BCUT2D eigenvalue weighted by molar-refractivity contribution is 6.04. The van der Waals surface area contributed by atoms with Gasteiger partial charge in [-0.2, -0.15) is 0 Å². The molecular formula is C40H25N5. The lowest BCUT2D eigenvalue weighted by atomic mass is 10.0. The summed E-state index contributed by atoms with van der Waals surface area (Å²) in [6.07, 6.45) is 1.82. The molecule has 45 heavy (non-hydrogen) atoms. The molecule has 0 aliphatic heterocycles. The summed E-state index contributed by atoms with van der Waals surface area (Å²) in [5.41, 5.74) is 11.5. The molecule has 5 heterocycles. The minimum absolute atomic E-state index is 0.842. The smallest absolute Gasteiger partial charge is 0.138 e. The highest BCUT2D eigenvalue weighted by Gasteiger charge is 2.19. The van der Waals surface area contributed by atoms with Gasteiger partial charge >= 0.3 is 0 Å². The van der Waals surface area contributed by atoms with E-state index in [0.717, 1.165) is 83.5 Å². The fourth-order valence-electron chi connectivity index (χ4n) is 6.23. The lowest BCUT2D eigenvalue weighted by Crippen LogP contribution is -1.94. The maximum Gasteiger partial charge on any atom is 0.138 e. The monoisotopic (exact) mass is 575 g/mol. The van der Waals surface area contributed by atoms with Gasteiger partial charge in [-0.1, -0.05) is 103 Å². The van der Waals surface area contributed by atoms with Crippen molar-refractivity contribution in [1.29, 1.82) is 0 Å². The number of fused-ring (bicyclic) bond motifs is 6. The number of hydrogen-bond acceptors (Lipinski definition) is 4. The van der Waals surface area contributed by atoms with Crippen LogP contribution in [0.5, 0.6) is 0 Å². The van der Waals surface area contributed by atoms with Crippen molar-refractivity contribution in [3.63, 3.8) is 0 Å². The fourth-order valence-corrected chi connectivity index (χ4v) is 6.23. The zero-order valence-corrected chi connectivity index (χ0v) is 24.2. The molecule has 0 N–H and O–H groups in total. The van der Waals surface area contributed by atoms with Gasteiger partial charge < -0.3 is 0 Å². The molecule has 0 saturated heterocycles. The molecule has 5 nitrogen and oxygen atoms in total. The molecule has 0 fully saturated rings. The number of imidazole rings is 1. The summed E-state index contributed by atoms with van der Waals surface area (Å²) < 4.78 is 2.24. The van der Waals surface area contributed by atoms with Crippen LogP contribution in [-0.4, -0.2) is 24.3 Å². The van der Waals surface area contributed by atoms with Crippen LogP contribution >= 0.6 is 0 Å². The van der Waals surface area contributed by atoms with Crippen molar-refractivity contribution in [3.8, 4) is 45.2 Å². The van der Waals surface area contributed by atoms with Crippen molar-refractivity contribution in [2.24, 2.45) is 0 Å². The van der Waals surface area contributed by atoms with Crippen LogP contribution in [0.25, 0.3) is 83.5 Å². The second kappa shape index (κ2) is 10.2. The first-order valence-electron chi connectivity index (χ1n) is 15.0. The highest BCUT2D eigenvalue weighted by atomic mass is 15.0. The zero-order valence-electron chi connectivity index (χ0n) is 24.2. The molecule has 0 amide bonds. The van der Waals surface area contributed by atoms with Crippen molar-refractivity contribution < 1.29 is 0 Å². The van der Waals surface area contributed by atoms with Gasteiger partial charge in [0.1, 0.15) is 11.3 Å². The van der Waals surface area contributed by atoms with E-state index in [9.17, 15) is 0 Å². The van der Waals surface area contributed by atoms with E-state index < -0.39 is 0 Å². The van der Waals surface area contributed by atoms with Crippen LogP contribution in [-0.2, 0) is 0 Å². The third-order valence-electron chi connectivity index (χ3n) is 8.44. The van der Waals surface area contributed by atoms with Crippen LogP contribution in [0.2, 0.25) is 0 Å². The van der Waals surface area contributed by atoms with Crippen molar-refractivity contribution in [1.82, 2.24) is 24.3 Å². The molecule has 0 atom stereocenters. The van der Waals surface area contributed by atoms with E-state index in [0.29, 0.717) is 0 Å². The Hall–Kier alpha value is -6.20. The number of para-hydroxylation sites is 1. The third-order valence-corrected chi connectivity index (χ3v) is 8.44. The average Bonchev–Trinajstić information content (AvgIpc) is 3.52. The van der Waals surface area contributed by atoms with Gasteiger partial charge in [-0.05, 0) is 47.9 Å². The van der Waals surface area contributed by atoms with Crippen LogP contribution < -0.4 is 0 Å². The summed E-state index contributed by atoms with van der Waals surface area (Å²) in [4.78, 5) is 20.0. The van der Waals surface area contributed by atoms with Crippen LogP contribution in [0.1, 0.15) is 0 Å². The highest BCUT2D eigenvalue weighted by Crippen LogP contribution is 2.36. The van der Waals surface area contributed by atoms with E-state index in [1.807, 2.05) is 42.6 Å². The second-order valence-electron chi connectivity index (χ2n) is 11.2.